The maximum Gasteiger partial charge on any atom is 0.271 e. The van der Waals surface area contributed by atoms with Crippen LogP contribution in [0, 0.1) is 0 Å². The summed E-state index contributed by atoms with van der Waals surface area (Å²) in [5, 5.41) is 13.4. The van der Waals surface area contributed by atoms with Gasteiger partial charge in [0.1, 0.15) is 11.5 Å². The highest BCUT2D eigenvalue weighted by Gasteiger charge is 2.09. The van der Waals surface area contributed by atoms with Crippen molar-refractivity contribution in [3.05, 3.63) is 47.5 Å². The van der Waals surface area contributed by atoms with Gasteiger partial charge in [0.2, 0.25) is 0 Å². The number of phenolic OH excluding ortho intramolecular Hbond substituents is 1. The Morgan fingerprint density at radius 1 is 1.04 bits per heavy atom. The fourth-order valence-corrected chi connectivity index (χ4v) is 1.97. The Morgan fingerprint density at radius 2 is 1.76 bits per heavy atom. The van der Waals surface area contributed by atoms with Gasteiger partial charge in [-0.05, 0) is 30.3 Å². The van der Waals surface area contributed by atoms with Gasteiger partial charge in [0.05, 0.1) is 27.5 Å². The second kappa shape index (κ2) is 9.17. The Hall–Kier alpha value is -3.22. The molecule has 2 N–H and O–H groups in total. The van der Waals surface area contributed by atoms with E-state index in [1.54, 1.807) is 25.3 Å². The van der Waals surface area contributed by atoms with E-state index in [4.69, 9.17) is 14.2 Å². The van der Waals surface area contributed by atoms with Crippen LogP contribution in [0.15, 0.2) is 41.5 Å². The molecule has 0 radical (unpaired) electrons. The van der Waals surface area contributed by atoms with Gasteiger partial charge < -0.3 is 19.3 Å². The van der Waals surface area contributed by atoms with Crippen molar-refractivity contribution in [1.82, 2.24) is 5.43 Å². The fourth-order valence-electron chi connectivity index (χ4n) is 1.97. The van der Waals surface area contributed by atoms with Crippen LogP contribution in [0.4, 0.5) is 0 Å². The zero-order chi connectivity index (χ0) is 17.5. The number of nitrogens with zero attached hydrogens (tertiary/aromatic N) is 1. The lowest BCUT2D eigenvalue weighted by Crippen LogP contribution is -2.17. The maximum atomic E-state index is 12.1. The van der Waals surface area contributed by atoms with Crippen LogP contribution in [-0.2, 0) is 0 Å². The molecule has 2 aromatic rings. The molecule has 0 aliphatic heterocycles. The van der Waals surface area contributed by atoms with Crippen LogP contribution in [0.3, 0.4) is 0 Å². The van der Waals surface area contributed by atoms with E-state index >= 15 is 0 Å². The number of nitrogens with one attached hydrogen (secondary N) is 1. The molecule has 0 fully saturated rings. The van der Waals surface area contributed by atoms with Crippen molar-refractivity contribution < 1.29 is 24.1 Å². The molecule has 1 amide bonds. The molecular formula is C18H22N2O5. The number of benzene rings is 2. The number of aromatic hydroxyl groups is 1. The number of ether oxygens (including phenoxy) is 3. The van der Waals surface area contributed by atoms with E-state index in [2.05, 4.69) is 10.5 Å². The molecule has 7 heteroatoms. The summed E-state index contributed by atoms with van der Waals surface area (Å²) in [6.45, 7) is 0. The van der Waals surface area contributed by atoms with Crippen LogP contribution in [0.25, 0.3) is 0 Å². The first-order chi connectivity index (χ1) is 11.6. The lowest BCUT2D eigenvalue weighted by molar-refractivity contribution is 0.0954. The van der Waals surface area contributed by atoms with E-state index in [-0.39, 0.29) is 18.9 Å². The minimum Gasteiger partial charge on any atom is -0.504 e. The maximum absolute atomic E-state index is 12.1. The van der Waals surface area contributed by atoms with E-state index < -0.39 is 5.91 Å². The van der Waals surface area contributed by atoms with Gasteiger partial charge >= 0.3 is 0 Å². The summed E-state index contributed by atoms with van der Waals surface area (Å²) in [5.74, 6) is 0.962. The molecule has 0 saturated heterocycles. The summed E-state index contributed by atoms with van der Waals surface area (Å²) in [4.78, 5) is 12.1. The molecule has 0 heterocycles. The average molecular weight is 346 g/mol. The van der Waals surface area contributed by atoms with Crippen molar-refractivity contribution in [2.45, 2.75) is 7.43 Å². The van der Waals surface area contributed by atoms with Crippen LogP contribution < -0.4 is 19.6 Å². The third kappa shape index (κ3) is 4.87. The normalized spacial score (nSPS) is 10.0. The Bertz CT molecular complexity index is 759. The van der Waals surface area contributed by atoms with Crippen LogP contribution in [0.5, 0.6) is 23.0 Å². The first kappa shape index (κ1) is 19.8. The molecule has 0 unspecified atom stereocenters. The Labute approximate surface area is 146 Å². The van der Waals surface area contributed by atoms with Crippen LogP contribution in [-0.4, -0.2) is 38.6 Å². The molecule has 2 rings (SSSR count). The molecule has 25 heavy (non-hydrogen) atoms. The number of rotatable bonds is 6. The predicted octanol–water partition coefficient (Wildman–Crippen LogP) is 2.82. The zero-order valence-corrected chi connectivity index (χ0v) is 13.6. The summed E-state index contributed by atoms with van der Waals surface area (Å²) in [7, 11) is 4.51. The zero-order valence-electron chi connectivity index (χ0n) is 13.6. The second-order valence-electron chi connectivity index (χ2n) is 4.69. The Morgan fingerprint density at radius 3 is 2.40 bits per heavy atom. The number of carbonyl (C=O) groups is 1. The molecule has 0 aromatic heterocycles. The monoisotopic (exact) mass is 346 g/mol. The van der Waals surface area contributed by atoms with E-state index in [0.29, 0.717) is 22.6 Å². The van der Waals surface area contributed by atoms with Crippen molar-refractivity contribution in [1.29, 1.82) is 0 Å². The summed E-state index contributed by atoms with van der Waals surface area (Å²) >= 11 is 0. The van der Waals surface area contributed by atoms with E-state index in [1.807, 2.05) is 0 Å². The molecule has 2 aromatic carbocycles. The number of methoxy groups -OCH3 is 3. The van der Waals surface area contributed by atoms with Gasteiger partial charge in [-0.2, -0.15) is 5.10 Å². The third-order valence-corrected chi connectivity index (χ3v) is 3.25. The topological polar surface area (TPSA) is 89.4 Å². The lowest BCUT2D eigenvalue weighted by atomic mass is 10.2. The number of amides is 1. The summed E-state index contributed by atoms with van der Waals surface area (Å²) in [5.41, 5.74) is 3.40. The smallest absolute Gasteiger partial charge is 0.271 e. The molecule has 0 spiro atoms. The minimum absolute atomic E-state index is 0. The predicted molar refractivity (Wildman–Crippen MR) is 96.0 cm³/mol. The standard InChI is InChI=1S/C17H18N2O5.CH4/c1-22-13-6-4-12(15(9-13)23-2)10-18-19-17(21)11-5-7-14(20)16(8-11)24-3;/h4-10,20H,1-3H3,(H,19,21);1H4/b18-10+;. The number of hydrogen-bond donors (Lipinski definition) is 2. The summed E-state index contributed by atoms with van der Waals surface area (Å²) in [6.07, 6.45) is 1.47. The van der Waals surface area contributed by atoms with Gasteiger partial charge in [0, 0.05) is 17.2 Å². The fraction of sp³-hybridized carbons (Fsp3) is 0.222. The number of hydrogen-bond acceptors (Lipinski definition) is 6. The van der Waals surface area contributed by atoms with Crippen molar-refractivity contribution in [2.24, 2.45) is 5.10 Å². The molecule has 7 nitrogen and oxygen atoms in total. The minimum atomic E-state index is -0.433. The molecule has 134 valence electrons. The number of carbonyl (C=O) groups excluding carboxylic acids is 1. The first-order valence-corrected chi connectivity index (χ1v) is 7.01. The van der Waals surface area contributed by atoms with Crippen molar-refractivity contribution in [2.75, 3.05) is 21.3 Å². The quantitative estimate of drug-likeness (QED) is 0.620. The van der Waals surface area contributed by atoms with Gasteiger partial charge in [-0.1, -0.05) is 7.43 Å². The van der Waals surface area contributed by atoms with Gasteiger partial charge in [-0.25, -0.2) is 5.43 Å². The van der Waals surface area contributed by atoms with Crippen LogP contribution in [0.1, 0.15) is 23.3 Å². The molecule has 0 atom stereocenters. The molecule has 0 aliphatic rings. The summed E-state index contributed by atoms with van der Waals surface area (Å²) in [6, 6.07) is 9.51. The van der Waals surface area contributed by atoms with Crippen molar-refractivity contribution in [3.8, 4) is 23.0 Å². The number of hydrazone groups is 1. The van der Waals surface area contributed by atoms with Crippen LogP contribution >= 0.6 is 0 Å². The Kier molecular flexibility index (Phi) is 7.27. The second-order valence-corrected chi connectivity index (χ2v) is 4.69. The van der Waals surface area contributed by atoms with E-state index in [1.165, 1.54) is 38.6 Å². The van der Waals surface area contributed by atoms with E-state index in [0.717, 1.165) is 0 Å². The van der Waals surface area contributed by atoms with Crippen molar-refractivity contribution in [3.63, 3.8) is 0 Å². The highest BCUT2D eigenvalue weighted by atomic mass is 16.5. The SMILES string of the molecule is C.COc1ccc(/C=N/NC(=O)c2ccc(O)c(OC)c2)c(OC)c1. The average Bonchev–Trinajstić information content (AvgIpc) is 2.62. The molecule has 0 bridgehead atoms. The van der Waals surface area contributed by atoms with Crippen LogP contribution in [0.2, 0.25) is 0 Å². The highest BCUT2D eigenvalue weighted by molar-refractivity contribution is 5.95. The molecule has 0 aliphatic carbocycles. The lowest BCUT2D eigenvalue weighted by Gasteiger charge is -2.07. The molecule has 0 saturated carbocycles. The Balaban J connectivity index is 0.00000312. The van der Waals surface area contributed by atoms with Crippen molar-refractivity contribution >= 4 is 12.1 Å². The van der Waals surface area contributed by atoms with Gasteiger partial charge in [0.15, 0.2) is 11.5 Å². The summed E-state index contributed by atoms with van der Waals surface area (Å²) < 4.78 is 15.3. The largest absolute Gasteiger partial charge is 0.504 e. The van der Waals surface area contributed by atoms with Gasteiger partial charge in [-0.3, -0.25) is 4.79 Å². The first-order valence-electron chi connectivity index (χ1n) is 7.01. The number of phenols is 1. The van der Waals surface area contributed by atoms with Gasteiger partial charge in [0.25, 0.3) is 5.91 Å². The van der Waals surface area contributed by atoms with E-state index in [9.17, 15) is 9.90 Å². The van der Waals surface area contributed by atoms with Gasteiger partial charge in [-0.15, -0.1) is 0 Å². The highest BCUT2D eigenvalue weighted by Crippen LogP contribution is 2.26. The third-order valence-electron chi connectivity index (χ3n) is 3.25. The molecular weight excluding hydrogens is 324 g/mol.